The van der Waals surface area contributed by atoms with E-state index in [2.05, 4.69) is 15.1 Å². The Morgan fingerprint density at radius 1 is 1.21 bits per heavy atom. The number of ether oxygens (including phenoxy) is 1. The van der Waals surface area contributed by atoms with E-state index in [1.807, 2.05) is 0 Å². The van der Waals surface area contributed by atoms with Crippen LogP contribution in [0.1, 0.15) is 35.1 Å². The molecule has 1 unspecified atom stereocenters. The molecule has 0 bridgehead atoms. The average molecular weight is 402 g/mol. The van der Waals surface area contributed by atoms with E-state index < -0.39 is 35.5 Å². The predicted octanol–water partition coefficient (Wildman–Crippen LogP) is 3.62. The molecule has 0 amide bonds. The number of aromatic amines is 1. The normalized spacial score (nSPS) is 13.4. The molecule has 1 aromatic carbocycles. The van der Waals surface area contributed by atoms with Crippen LogP contribution in [-0.2, 0) is 10.9 Å². The van der Waals surface area contributed by atoms with E-state index in [0.717, 1.165) is 16.8 Å². The molecule has 0 aliphatic rings. The lowest BCUT2D eigenvalue weighted by Gasteiger charge is -2.18. The van der Waals surface area contributed by atoms with E-state index >= 15 is 0 Å². The number of nitrogens with one attached hydrogen (secondary N) is 1. The lowest BCUT2D eigenvalue weighted by Crippen LogP contribution is -2.19. The van der Waals surface area contributed by atoms with Gasteiger partial charge < -0.3 is 9.72 Å². The zero-order chi connectivity index (χ0) is 20.6. The van der Waals surface area contributed by atoms with E-state index in [1.54, 1.807) is 0 Å². The van der Waals surface area contributed by atoms with E-state index in [-0.39, 0.29) is 23.5 Å². The minimum atomic E-state index is -4.51. The molecule has 0 fully saturated rings. The summed E-state index contributed by atoms with van der Waals surface area (Å²) in [5.41, 5.74) is -2.14. The van der Waals surface area contributed by atoms with Gasteiger partial charge in [-0.3, -0.25) is 4.79 Å². The number of nitrogens with zero attached hydrogens (tertiary/aromatic N) is 3. The number of hydrogen-bond donors (Lipinski definition) is 1. The highest BCUT2D eigenvalue weighted by Gasteiger charge is 2.31. The molecule has 6 nitrogen and oxygen atoms in total. The van der Waals surface area contributed by atoms with Crippen LogP contribution in [0.4, 0.5) is 22.0 Å². The van der Waals surface area contributed by atoms with Crippen molar-refractivity contribution in [1.82, 2.24) is 19.7 Å². The molecule has 0 saturated heterocycles. The maximum absolute atomic E-state index is 13.4. The van der Waals surface area contributed by atoms with Gasteiger partial charge in [0.1, 0.15) is 22.9 Å². The first kappa shape index (κ1) is 19.9. The summed E-state index contributed by atoms with van der Waals surface area (Å²) in [6, 6.07) is 3.31. The van der Waals surface area contributed by atoms with Crippen LogP contribution in [0.25, 0.3) is 11.0 Å². The number of H-pyrrole nitrogens is 1. The molecule has 0 radical (unpaired) electrons. The zero-order valence-electron chi connectivity index (χ0n) is 14.7. The third kappa shape index (κ3) is 3.61. The smallest absolute Gasteiger partial charge is 0.382 e. The summed E-state index contributed by atoms with van der Waals surface area (Å²) in [6.45, 7) is 1.39. The second-order valence-electron chi connectivity index (χ2n) is 6.07. The van der Waals surface area contributed by atoms with Crippen LogP contribution < -0.4 is 5.56 Å². The molecule has 1 atom stereocenters. The molecule has 0 aliphatic heterocycles. The van der Waals surface area contributed by atoms with Gasteiger partial charge in [0.15, 0.2) is 5.65 Å². The Hall–Kier alpha value is -2.82. The van der Waals surface area contributed by atoms with Crippen molar-refractivity contribution in [1.29, 1.82) is 0 Å². The van der Waals surface area contributed by atoms with Gasteiger partial charge in [-0.1, -0.05) is 12.1 Å². The predicted molar refractivity (Wildman–Crippen MR) is 89.3 cm³/mol. The summed E-state index contributed by atoms with van der Waals surface area (Å²) >= 11 is 0. The van der Waals surface area contributed by atoms with E-state index in [9.17, 15) is 26.7 Å². The number of hydrogen-bond acceptors (Lipinski definition) is 4. The Morgan fingerprint density at radius 2 is 1.86 bits per heavy atom. The quantitative estimate of drug-likeness (QED) is 0.662. The lowest BCUT2D eigenvalue weighted by atomic mass is 10.1. The molecule has 2 aromatic heterocycles. The number of benzene rings is 1. The Labute approximate surface area is 155 Å². The Balaban J connectivity index is 2.20. The fourth-order valence-corrected chi connectivity index (χ4v) is 2.91. The summed E-state index contributed by atoms with van der Waals surface area (Å²) in [7, 11) is 1.35. The standard InChI is InChI=1S/C17H15F5N4O2/c1-8-23-15-12(16(27)24-8)13(14(18)19)25-26(15)11(7-28-2)9-3-5-10(6-4-9)17(20,21)22/h3-6,11,14H,7H2,1-2H3,(H,23,24,27). The van der Waals surface area contributed by atoms with Gasteiger partial charge in [-0.2, -0.15) is 18.3 Å². The van der Waals surface area contributed by atoms with Crippen LogP contribution in [0.5, 0.6) is 0 Å². The van der Waals surface area contributed by atoms with Crippen LogP contribution in [0, 0.1) is 6.92 Å². The van der Waals surface area contributed by atoms with Crippen molar-refractivity contribution in [3.05, 3.63) is 57.3 Å². The second kappa shape index (κ2) is 7.30. The molecule has 11 heteroatoms. The summed E-state index contributed by atoms with van der Waals surface area (Å²) in [4.78, 5) is 18.6. The maximum Gasteiger partial charge on any atom is 0.416 e. The SMILES string of the molecule is COCC(c1ccc(C(F)(F)F)cc1)n1nc(C(F)F)c2c(=O)[nH]c(C)nc21. The van der Waals surface area contributed by atoms with E-state index in [0.29, 0.717) is 5.56 Å². The number of halogens is 5. The molecule has 150 valence electrons. The van der Waals surface area contributed by atoms with Crippen LogP contribution in [-0.4, -0.2) is 33.5 Å². The highest BCUT2D eigenvalue weighted by molar-refractivity contribution is 5.77. The van der Waals surface area contributed by atoms with Crippen LogP contribution in [0.3, 0.4) is 0 Å². The largest absolute Gasteiger partial charge is 0.416 e. The van der Waals surface area contributed by atoms with Gasteiger partial charge in [0.05, 0.1) is 12.2 Å². The fraction of sp³-hybridized carbons (Fsp3) is 0.353. The second-order valence-corrected chi connectivity index (χ2v) is 6.07. The van der Waals surface area contributed by atoms with Crippen molar-refractivity contribution in [2.75, 3.05) is 13.7 Å². The van der Waals surface area contributed by atoms with E-state index in [1.165, 1.54) is 26.2 Å². The van der Waals surface area contributed by atoms with Crippen LogP contribution in [0.15, 0.2) is 29.1 Å². The van der Waals surface area contributed by atoms with Gasteiger partial charge in [0.2, 0.25) is 0 Å². The van der Waals surface area contributed by atoms with Gasteiger partial charge in [-0.25, -0.2) is 18.4 Å². The lowest BCUT2D eigenvalue weighted by molar-refractivity contribution is -0.137. The van der Waals surface area contributed by atoms with Gasteiger partial charge in [0, 0.05) is 7.11 Å². The van der Waals surface area contributed by atoms with Crippen LogP contribution >= 0.6 is 0 Å². The third-order valence-electron chi connectivity index (χ3n) is 4.16. The van der Waals surface area contributed by atoms with Gasteiger partial charge in [-0.05, 0) is 24.6 Å². The summed E-state index contributed by atoms with van der Waals surface area (Å²) in [6.07, 6.45) is -7.55. The van der Waals surface area contributed by atoms with Gasteiger partial charge in [-0.15, -0.1) is 0 Å². The highest BCUT2D eigenvalue weighted by atomic mass is 19.4. The number of aryl methyl sites for hydroxylation is 1. The van der Waals surface area contributed by atoms with Crippen molar-refractivity contribution in [2.24, 2.45) is 0 Å². The fourth-order valence-electron chi connectivity index (χ4n) is 2.91. The molecule has 1 N–H and O–H groups in total. The first-order valence-corrected chi connectivity index (χ1v) is 8.06. The molecule has 0 saturated carbocycles. The molecule has 28 heavy (non-hydrogen) atoms. The Kier molecular flexibility index (Phi) is 5.20. The molecule has 3 aromatic rings. The van der Waals surface area contributed by atoms with Crippen molar-refractivity contribution < 1.29 is 26.7 Å². The first-order valence-electron chi connectivity index (χ1n) is 8.06. The molecule has 0 aliphatic carbocycles. The highest BCUT2D eigenvalue weighted by Crippen LogP contribution is 2.32. The Bertz CT molecular complexity index is 1040. The summed E-state index contributed by atoms with van der Waals surface area (Å²) < 4.78 is 71.4. The molecule has 3 rings (SSSR count). The topological polar surface area (TPSA) is 72.8 Å². The van der Waals surface area contributed by atoms with Crippen LogP contribution in [0.2, 0.25) is 0 Å². The summed E-state index contributed by atoms with van der Waals surface area (Å²) in [5, 5.41) is 3.47. The maximum atomic E-state index is 13.4. The zero-order valence-corrected chi connectivity index (χ0v) is 14.7. The minimum absolute atomic E-state index is 0.0850. The molecule has 0 spiro atoms. The van der Waals surface area contributed by atoms with Crippen molar-refractivity contribution >= 4 is 11.0 Å². The number of methoxy groups -OCH3 is 1. The van der Waals surface area contributed by atoms with Crippen molar-refractivity contribution in [2.45, 2.75) is 25.6 Å². The van der Waals surface area contributed by atoms with Crippen molar-refractivity contribution in [3.8, 4) is 0 Å². The average Bonchev–Trinajstić information content (AvgIpc) is 2.99. The number of aromatic nitrogens is 4. The van der Waals surface area contributed by atoms with E-state index in [4.69, 9.17) is 4.74 Å². The third-order valence-corrected chi connectivity index (χ3v) is 4.16. The Morgan fingerprint density at radius 3 is 2.39 bits per heavy atom. The minimum Gasteiger partial charge on any atom is -0.382 e. The monoisotopic (exact) mass is 402 g/mol. The van der Waals surface area contributed by atoms with Crippen molar-refractivity contribution in [3.63, 3.8) is 0 Å². The first-order chi connectivity index (χ1) is 13.1. The molecular formula is C17H15F5N4O2. The number of alkyl halides is 5. The number of rotatable bonds is 5. The van der Waals surface area contributed by atoms with Gasteiger partial charge >= 0.3 is 6.18 Å². The number of fused-ring (bicyclic) bond motifs is 1. The summed E-state index contributed by atoms with van der Waals surface area (Å²) in [5.74, 6) is 0.183. The molecular weight excluding hydrogens is 387 g/mol. The molecule has 2 heterocycles. The van der Waals surface area contributed by atoms with Gasteiger partial charge in [0.25, 0.3) is 12.0 Å².